The molecule has 0 aromatic heterocycles. The van der Waals surface area contributed by atoms with Gasteiger partial charge >= 0.3 is 0 Å². The van der Waals surface area contributed by atoms with Crippen molar-refractivity contribution in [2.24, 2.45) is 11.8 Å². The lowest BCUT2D eigenvalue weighted by molar-refractivity contribution is -0.125. The molecular weight excluding hydrogens is 200 g/mol. The Morgan fingerprint density at radius 2 is 1.88 bits per heavy atom. The third-order valence-corrected chi connectivity index (χ3v) is 3.68. The summed E-state index contributed by atoms with van der Waals surface area (Å²) < 4.78 is 0. The summed E-state index contributed by atoms with van der Waals surface area (Å²) in [6, 6.07) is 0.340. The first-order valence-corrected chi connectivity index (χ1v) is 6.60. The Bertz CT molecular complexity index is 212. The Morgan fingerprint density at radius 1 is 1.25 bits per heavy atom. The predicted molar refractivity (Wildman–Crippen MR) is 67.3 cm³/mol. The zero-order valence-corrected chi connectivity index (χ0v) is 10.9. The summed E-state index contributed by atoms with van der Waals surface area (Å²) in [7, 11) is 1.88. The van der Waals surface area contributed by atoms with E-state index < -0.39 is 0 Å². The van der Waals surface area contributed by atoms with Gasteiger partial charge in [-0.1, -0.05) is 26.2 Å². The van der Waals surface area contributed by atoms with Crippen LogP contribution >= 0.6 is 0 Å². The second kappa shape index (κ2) is 6.89. The van der Waals surface area contributed by atoms with E-state index in [1.807, 2.05) is 14.0 Å². The molecule has 2 unspecified atom stereocenters. The molecular formula is C13H26N2O. The molecule has 3 heteroatoms. The second-order valence-corrected chi connectivity index (χ2v) is 5.15. The second-order valence-electron chi connectivity index (χ2n) is 5.15. The fourth-order valence-electron chi connectivity index (χ4n) is 2.52. The molecule has 1 rings (SSSR count). The minimum absolute atomic E-state index is 0.0658. The van der Waals surface area contributed by atoms with Crippen LogP contribution in [0.25, 0.3) is 0 Å². The van der Waals surface area contributed by atoms with Gasteiger partial charge in [0, 0.05) is 18.5 Å². The maximum absolute atomic E-state index is 11.8. The van der Waals surface area contributed by atoms with Gasteiger partial charge in [0.25, 0.3) is 0 Å². The number of hydrogen-bond donors (Lipinski definition) is 2. The molecule has 1 aliphatic carbocycles. The van der Waals surface area contributed by atoms with E-state index in [1.165, 1.54) is 32.1 Å². The van der Waals surface area contributed by atoms with Gasteiger partial charge in [-0.15, -0.1) is 0 Å². The maximum Gasteiger partial charge on any atom is 0.224 e. The van der Waals surface area contributed by atoms with Gasteiger partial charge in [-0.3, -0.25) is 4.79 Å². The van der Waals surface area contributed by atoms with Crippen molar-refractivity contribution in [2.45, 2.75) is 52.0 Å². The van der Waals surface area contributed by atoms with Gasteiger partial charge in [0.2, 0.25) is 5.91 Å². The Morgan fingerprint density at radius 3 is 2.44 bits per heavy atom. The standard InChI is InChI=1S/C13H26N2O/c1-10(9-14-3)13(16)15-11(2)12-7-5-4-6-8-12/h10-12,14H,4-9H2,1-3H3,(H,15,16). The van der Waals surface area contributed by atoms with Crippen LogP contribution in [-0.4, -0.2) is 25.5 Å². The molecule has 3 nitrogen and oxygen atoms in total. The van der Waals surface area contributed by atoms with Crippen LogP contribution in [0.2, 0.25) is 0 Å². The van der Waals surface area contributed by atoms with Crippen molar-refractivity contribution >= 4 is 5.91 Å². The van der Waals surface area contributed by atoms with Crippen LogP contribution in [0.1, 0.15) is 46.0 Å². The van der Waals surface area contributed by atoms with Gasteiger partial charge in [-0.05, 0) is 32.7 Å². The van der Waals surface area contributed by atoms with E-state index in [0.29, 0.717) is 12.0 Å². The molecule has 2 atom stereocenters. The summed E-state index contributed by atoms with van der Waals surface area (Å²) in [5, 5.41) is 6.20. The van der Waals surface area contributed by atoms with Gasteiger partial charge in [0.05, 0.1) is 0 Å². The highest BCUT2D eigenvalue weighted by Gasteiger charge is 2.22. The molecule has 0 bridgehead atoms. The highest BCUT2D eigenvalue weighted by molar-refractivity contribution is 5.78. The van der Waals surface area contributed by atoms with E-state index in [4.69, 9.17) is 0 Å². The van der Waals surface area contributed by atoms with Crippen molar-refractivity contribution in [1.82, 2.24) is 10.6 Å². The first-order valence-electron chi connectivity index (χ1n) is 6.60. The molecule has 0 radical (unpaired) electrons. The zero-order valence-electron chi connectivity index (χ0n) is 10.9. The van der Waals surface area contributed by atoms with E-state index in [2.05, 4.69) is 17.6 Å². The van der Waals surface area contributed by atoms with E-state index in [1.54, 1.807) is 0 Å². The molecule has 1 amide bonds. The monoisotopic (exact) mass is 226 g/mol. The van der Waals surface area contributed by atoms with Crippen LogP contribution in [0.5, 0.6) is 0 Å². The summed E-state index contributed by atoms with van der Waals surface area (Å²) in [4.78, 5) is 11.8. The lowest BCUT2D eigenvalue weighted by Gasteiger charge is -2.29. The molecule has 1 aliphatic rings. The summed E-state index contributed by atoms with van der Waals surface area (Å²) in [5.41, 5.74) is 0. The van der Waals surface area contributed by atoms with Gasteiger partial charge < -0.3 is 10.6 Å². The van der Waals surface area contributed by atoms with Crippen molar-refractivity contribution in [1.29, 1.82) is 0 Å². The zero-order chi connectivity index (χ0) is 12.0. The Hall–Kier alpha value is -0.570. The van der Waals surface area contributed by atoms with Crippen molar-refractivity contribution in [3.05, 3.63) is 0 Å². The average molecular weight is 226 g/mol. The van der Waals surface area contributed by atoms with Crippen LogP contribution in [0, 0.1) is 11.8 Å². The normalized spacial score (nSPS) is 21.4. The molecule has 0 saturated heterocycles. The minimum Gasteiger partial charge on any atom is -0.353 e. The van der Waals surface area contributed by atoms with Crippen LogP contribution < -0.4 is 10.6 Å². The SMILES string of the molecule is CNCC(C)C(=O)NC(C)C1CCCCC1. The Kier molecular flexibility index (Phi) is 5.81. The van der Waals surface area contributed by atoms with Gasteiger partial charge in [-0.25, -0.2) is 0 Å². The molecule has 0 spiro atoms. The lowest BCUT2D eigenvalue weighted by atomic mass is 9.84. The van der Waals surface area contributed by atoms with Crippen molar-refractivity contribution in [2.75, 3.05) is 13.6 Å². The van der Waals surface area contributed by atoms with Crippen molar-refractivity contribution in [3.8, 4) is 0 Å². The fourth-order valence-corrected chi connectivity index (χ4v) is 2.52. The number of nitrogens with one attached hydrogen (secondary N) is 2. The highest BCUT2D eigenvalue weighted by atomic mass is 16.1. The van der Waals surface area contributed by atoms with Crippen LogP contribution in [-0.2, 0) is 4.79 Å². The molecule has 1 fully saturated rings. The summed E-state index contributed by atoms with van der Waals surface area (Å²) in [6.45, 7) is 4.88. The number of amides is 1. The Labute approximate surface area is 99.4 Å². The van der Waals surface area contributed by atoms with Gasteiger partial charge in [0.1, 0.15) is 0 Å². The number of carbonyl (C=O) groups excluding carboxylic acids is 1. The molecule has 1 saturated carbocycles. The molecule has 2 N–H and O–H groups in total. The molecule has 16 heavy (non-hydrogen) atoms. The van der Waals surface area contributed by atoms with E-state index in [9.17, 15) is 4.79 Å². The quantitative estimate of drug-likeness (QED) is 0.752. The maximum atomic E-state index is 11.8. The summed E-state index contributed by atoms with van der Waals surface area (Å²) in [6.07, 6.45) is 6.59. The average Bonchev–Trinajstić information content (AvgIpc) is 2.30. The number of carbonyl (C=O) groups is 1. The first kappa shape index (κ1) is 13.5. The third-order valence-electron chi connectivity index (χ3n) is 3.68. The van der Waals surface area contributed by atoms with E-state index in [-0.39, 0.29) is 11.8 Å². The fraction of sp³-hybridized carbons (Fsp3) is 0.923. The van der Waals surface area contributed by atoms with Crippen LogP contribution in [0.3, 0.4) is 0 Å². The predicted octanol–water partition coefficient (Wildman–Crippen LogP) is 1.93. The van der Waals surface area contributed by atoms with E-state index in [0.717, 1.165) is 6.54 Å². The summed E-state index contributed by atoms with van der Waals surface area (Å²) >= 11 is 0. The van der Waals surface area contributed by atoms with Gasteiger partial charge in [0.15, 0.2) is 0 Å². The molecule has 0 heterocycles. The minimum atomic E-state index is 0.0658. The summed E-state index contributed by atoms with van der Waals surface area (Å²) in [5.74, 6) is 0.947. The van der Waals surface area contributed by atoms with Crippen LogP contribution in [0.15, 0.2) is 0 Å². The van der Waals surface area contributed by atoms with Crippen molar-refractivity contribution in [3.63, 3.8) is 0 Å². The Balaban J connectivity index is 2.31. The number of hydrogen-bond acceptors (Lipinski definition) is 2. The molecule has 94 valence electrons. The highest BCUT2D eigenvalue weighted by Crippen LogP contribution is 2.26. The topological polar surface area (TPSA) is 41.1 Å². The van der Waals surface area contributed by atoms with Crippen LogP contribution in [0.4, 0.5) is 0 Å². The van der Waals surface area contributed by atoms with E-state index >= 15 is 0 Å². The molecule has 0 aromatic carbocycles. The smallest absolute Gasteiger partial charge is 0.224 e. The van der Waals surface area contributed by atoms with Crippen molar-refractivity contribution < 1.29 is 4.79 Å². The third kappa shape index (κ3) is 4.12. The molecule has 0 aromatic rings. The first-order chi connectivity index (χ1) is 7.65. The number of rotatable bonds is 5. The largest absolute Gasteiger partial charge is 0.353 e. The van der Waals surface area contributed by atoms with Gasteiger partial charge in [-0.2, -0.15) is 0 Å². The molecule has 0 aliphatic heterocycles. The lowest BCUT2D eigenvalue weighted by Crippen LogP contribution is -2.43.